The quantitative estimate of drug-likeness (QED) is 0.467. The standard InChI is InChI=1S/C15H19BN2O6/c1-3-24-15(21)12-8-18(9(2)4-5-19)14-11(13(12)20)6-10(7-17-14)16(22)23/h6-9,19,22-23H,3-5H2,1-2H3. The molecule has 2 aromatic rings. The zero-order valence-corrected chi connectivity index (χ0v) is 13.5. The van der Waals surface area contributed by atoms with Crippen LogP contribution in [0.3, 0.4) is 0 Å². The number of aliphatic hydroxyl groups excluding tert-OH is 1. The molecular weight excluding hydrogens is 315 g/mol. The van der Waals surface area contributed by atoms with Gasteiger partial charge >= 0.3 is 13.1 Å². The maximum Gasteiger partial charge on any atom is 0.490 e. The van der Waals surface area contributed by atoms with E-state index in [4.69, 9.17) is 9.84 Å². The largest absolute Gasteiger partial charge is 0.490 e. The third-order valence-corrected chi connectivity index (χ3v) is 3.71. The molecule has 0 aliphatic heterocycles. The predicted octanol–water partition coefficient (Wildman–Crippen LogP) is -0.804. The number of carbonyl (C=O) groups excluding carboxylic acids is 1. The van der Waals surface area contributed by atoms with Gasteiger partial charge in [0.15, 0.2) is 0 Å². The van der Waals surface area contributed by atoms with Crippen LogP contribution < -0.4 is 10.9 Å². The SMILES string of the molecule is CCOC(=O)c1cn(C(C)CCO)c2ncc(B(O)O)cc2c1=O. The van der Waals surface area contributed by atoms with Gasteiger partial charge in [0, 0.05) is 30.5 Å². The predicted molar refractivity (Wildman–Crippen MR) is 88.2 cm³/mol. The monoisotopic (exact) mass is 334 g/mol. The van der Waals surface area contributed by atoms with E-state index >= 15 is 0 Å². The molecule has 0 amide bonds. The number of carbonyl (C=O) groups is 1. The first-order chi connectivity index (χ1) is 11.4. The van der Waals surface area contributed by atoms with Crippen LogP contribution in [0.2, 0.25) is 0 Å². The Bertz CT molecular complexity index is 804. The van der Waals surface area contributed by atoms with E-state index in [-0.39, 0.29) is 35.7 Å². The average molecular weight is 334 g/mol. The lowest BCUT2D eigenvalue weighted by Gasteiger charge is -2.18. The van der Waals surface area contributed by atoms with Crippen molar-refractivity contribution in [2.24, 2.45) is 0 Å². The van der Waals surface area contributed by atoms with Gasteiger partial charge in [-0.2, -0.15) is 0 Å². The molecule has 9 heteroatoms. The molecule has 1 unspecified atom stereocenters. The van der Waals surface area contributed by atoms with Crippen LogP contribution in [0.25, 0.3) is 11.0 Å². The van der Waals surface area contributed by atoms with Crippen molar-refractivity contribution in [1.29, 1.82) is 0 Å². The van der Waals surface area contributed by atoms with E-state index in [1.807, 2.05) is 6.92 Å². The lowest BCUT2D eigenvalue weighted by molar-refractivity contribution is 0.0524. The van der Waals surface area contributed by atoms with E-state index < -0.39 is 18.5 Å². The lowest BCUT2D eigenvalue weighted by Crippen LogP contribution is -2.32. The van der Waals surface area contributed by atoms with Crippen molar-refractivity contribution in [2.75, 3.05) is 13.2 Å². The highest BCUT2D eigenvalue weighted by molar-refractivity contribution is 6.58. The number of esters is 1. The van der Waals surface area contributed by atoms with Gasteiger partial charge in [-0.15, -0.1) is 0 Å². The second kappa shape index (κ2) is 7.56. The zero-order valence-electron chi connectivity index (χ0n) is 13.5. The zero-order chi connectivity index (χ0) is 17.9. The van der Waals surface area contributed by atoms with Gasteiger partial charge in [-0.05, 0) is 26.3 Å². The molecule has 2 aromatic heterocycles. The first-order valence-corrected chi connectivity index (χ1v) is 7.59. The molecule has 0 saturated heterocycles. The normalized spacial score (nSPS) is 12.2. The number of hydrogen-bond acceptors (Lipinski definition) is 7. The summed E-state index contributed by atoms with van der Waals surface area (Å²) in [6, 6.07) is 1.06. The summed E-state index contributed by atoms with van der Waals surface area (Å²) in [6.45, 7) is 3.49. The Balaban J connectivity index is 2.76. The molecule has 2 rings (SSSR count). The van der Waals surface area contributed by atoms with Crippen LogP contribution in [0.4, 0.5) is 0 Å². The lowest BCUT2D eigenvalue weighted by atomic mass is 9.81. The first-order valence-electron chi connectivity index (χ1n) is 7.59. The van der Waals surface area contributed by atoms with Crippen molar-refractivity contribution in [3.63, 3.8) is 0 Å². The van der Waals surface area contributed by atoms with Crippen molar-refractivity contribution >= 4 is 29.6 Å². The average Bonchev–Trinajstić information content (AvgIpc) is 2.55. The molecule has 0 aromatic carbocycles. The summed E-state index contributed by atoms with van der Waals surface area (Å²) in [4.78, 5) is 28.8. The van der Waals surface area contributed by atoms with Gasteiger partial charge in [0.05, 0.1) is 12.0 Å². The van der Waals surface area contributed by atoms with Crippen LogP contribution in [0.15, 0.2) is 23.3 Å². The number of aromatic nitrogens is 2. The third-order valence-electron chi connectivity index (χ3n) is 3.71. The van der Waals surface area contributed by atoms with Gasteiger partial charge in [0.1, 0.15) is 11.2 Å². The van der Waals surface area contributed by atoms with Gasteiger partial charge in [-0.25, -0.2) is 9.78 Å². The van der Waals surface area contributed by atoms with Gasteiger partial charge in [-0.1, -0.05) is 0 Å². The van der Waals surface area contributed by atoms with Gasteiger partial charge in [0.25, 0.3) is 0 Å². The minimum absolute atomic E-state index is 0.0435. The second-order valence-electron chi connectivity index (χ2n) is 5.37. The van der Waals surface area contributed by atoms with E-state index in [1.165, 1.54) is 18.5 Å². The van der Waals surface area contributed by atoms with E-state index in [1.54, 1.807) is 11.5 Å². The fourth-order valence-electron chi connectivity index (χ4n) is 2.41. The molecule has 0 aliphatic rings. The molecule has 128 valence electrons. The first kappa shape index (κ1) is 18.1. The van der Waals surface area contributed by atoms with Crippen LogP contribution in [-0.2, 0) is 4.74 Å². The van der Waals surface area contributed by atoms with Crippen LogP contribution >= 0.6 is 0 Å². The van der Waals surface area contributed by atoms with E-state index in [0.717, 1.165) is 0 Å². The molecule has 0 fully saturated rings. The fourth-order valence-corrected chi connectivity index (χ4v) is 2.41. The van der Waals surface area contributed by atoms with Crippen molar-refractivity contribution in [3.8, 4) is 0 Å². The van der Waals surface area contributed by atoms with Crippen LogP contribution in [0.1, 0.15) is 36.7 Å². The molecule has 2 heterocycles. The van der Waals surface area contributed by atoms with Crippen molar-refractivity contribution in [3.05, 3.63) is 34.2 Å². The smallest absolute Gasteiger partial charge is 0.462 e. The molecule has 3 N–H and O–H groups in total. The summed E-state index contributed by atoms with van der Waals surface area (Å²) in [7, 11) is -1.78. The maximum absolute atomic E-state index is 12.6. The topological polar surface area (TPSA) is 122 Å². The molecule has 0 spiro atoms. The Labute approximate surface area is 138 Å². The second-order valence-corrected chi connectivity index (χ2v) is 5.37. The van der Waals surface area contributed by atoms with Crippen molar-refractivity contribution in [1.82, 2.24) is 9.55 Å². The van der Waals surface area contributed by atoms with E-state index in [0.29, 0.717) is 12.1 Å². The van der Waals surface area contributed by atoms with E-state index in [2.05, 4.69) is 4.98 Å². The number of ether oxygens (including phenoxy) is 1. The van der Waals surface area contributed by atoms with Gasteiger partial charge in [-0.3, -0.25) is 4.79 Å². The molecule has 0 aliphatic carbocycles. The van der Waals surface area contributed by atoms with Crippen LogP contribution in [0.5, 0.6) is 0 Å². The Morgan fingerprint density at radius 1 is 1.46 bits per heavy atom. The van der Waals surface area contributed by atoms with Crippen molar-refractivity contribution < 1.29 is 24.7 Å². The number of pyridine rings is 2. The summed E-state index contributed by atoms with van der Waals surface area (Å²) in [5.74, 6) is -0.760. The molecular formula is C15H19BN2O6. The molecule has 24 heavy (non-hydrogen) atoms. The van der Waals surface area contributed by atoms with Crippen LogP contribution in [-0.4, -0.2) is 51.0 Å². The molecule has 0 saturated carbocycles. The molecule has 8 nitrogen and oxygen atoms in total. The Morgan fingerprint density at radius 2 is 2.17 bits per heavy atom. The Morgan fingerprint density at radius 3 is 2.75 bits per heavy atom. The Hall–Kier alpha value is -2.23. The summed E-state index contributed by atoms with van der Waals surface area (Å²) in [6.07, 6.45) is 3.01. The summed E-state index contributed by atoms with van der Waals surface area (Å²) in [5, 5.41) is 27.8. The van der Waals surface area contributed by atoms with Crippen LogP contribution in [0, 0.1) is 0 Å². The van der Waals surface area contributed by atoms with Gasteiger partial charge < -0.3 is 24.5 Å². The van der Waals surface area contributed by atoms with E-state index in [9.17, 15) is 19.6 Å². The summed E-state index contributed by atoms with van der Waals surface area (Å²) >= 11 is 0. The summed E-state index contributed by atoms with van der Waals surface area (Å²) in [5.41, 5.74) is -0.424. The number of nitrogens with zero attached hydrogens (tertiary/aromatic N) is 2. The highest BCUT2D eigenvalue weighted by atomic mass is 16.5. The third kappa shape index (κ3) is 3.48. The molecule has 0 bridgehead atoms. The Kier molecular flexibility index (Phi) is 5.71. The summed E-state index contributed by atoms with van der Waals surface area (Å²) < 4.78 is 6.51. The highest BCUT2D eigenvalue weighted by Crippen LogP contribution is 2.17. The molecule has 1 atom stereocenters. The highest BCUT2D eigenvalue weighted by Gasteiger charge is 2.21. The number of hydrogen-bond donors (Lipinski definition) is 3. The van der Waals surface area contributed by atoms with Crippen molar-refractivity contribution in [2.45, 2.75) is 26.3 Å². The number of aliphatic hydroxyl groups is 1. The maximum atomic E-state index is 12.6. The number of fused-ring (bicyclic) bond motifs is 1. The fraction of sp³-hybridized carbons (Fsp3) is 0.400. The minimum atomic E-state index is -1.78. The van der Waals surface area contributed by atoms with Gasteiger partial charge in [0.2, 0.25) is 5.43 Å². The number of rotatable bonds is 6. The molecule has 0 radical (unpaired) electrons. The minimum Gasteiger partial charge on any atom is -0.462 e.